The van der Waals surface area contributed by atoms with Crippen LogP contribution in [0.2, 0.25) is 0 Å². The van der Waals surface area contributed by atoms with Crippen LogP contribution >= 0.6 is 0 Å². The standard InChI is InChI=1S/C9H6N2O3.Na/c12-9(13)7-5-14-11-8(7)6-2-1-3-10-4-6;/h1-5H,(H,12,13);/q;+1/p-1. The van der Waals surface area contributed by atoms with Crippen LogP contribution in [0.3, 0.4) is 0 Å². The Balaban J connectivity index is 0.00000112. The molecular formula is C9H5N2NaO3. The van der Waals surface area contributed by atoms with Gasteiger partial charge in [-0.2, -0.15) is 0 Å². The van der Waals surface area contributed by atoms with Crippen LogP contribution in [0, 0.1) is 0 Å². The van der Waals surface area contributed by atoms with Crippen molar-refractivity contribution in [2.45, 2.75) is 0 Å². The molecular weight excluding hydrogens is 207 g/mol. The molecule has 0 atom stereocenters. The molecule has 0 aliphatic heterocycles. The number of carboxylic acid groups (broad SMARTS) is 1. The molecule has 0 aromatic carbocycles. The Kier molecular flexibility index (Phi) is 4.02. The number of nitrogens with zero attached hydrogens (tertiary/aromatic N) is 2. The molecule has 0 N–H and O–H groups in total. The molecule has 70 valence electrons. The van der Waals surface area contributed by atoms with Gasteiger partial charge in [0.15, 0.2) is 0 Å². The van der Waals surface area contributed by atoms with Gasteiger partial charge in [0.25, 0.3) is 0 Å². The summed E-state index contributed by atoms with van der Waals surface area (Å²) >= 11 is 0. The third kappa shape index (κ3) is 2.44. The van der Waals surface area contributed by atoms with Crippen molar-refractivity contribution < 1.29 is 44.0 Å². The van der Waals surface area contributed by atoms with Gasteiger partial charge in [0, 0.05) is 18.0 Å². The summed E-state index contributed by atoms with van der Waals surface area (Å²) in [6, 6.07) is 3.38. The molecule has 0 fully saturated rings. The van der Waals surface area contributed by atoms with Crippen LogP contribution in [0.25, 0.3) is 11.3 Å². The van der Waals surface area contributed by atoms with Gasteiger partial charge in [-0.25, -0.2) is 0 Å². The molecule has 0 unspecified atom stereocenters. The summed E-state index contributed by atoms with van der Waals surface area (Å²) in [6.07, 6.45) is 4.13. The number of carboxylic acids is 1. The summed E-state index contributed by atoms with van der Waals surface area (Å²) in [7, 11) is 0. The fourth-order valence-electron chi connectivity index (χ4n) is 1.09. The van der Waals surface area contributed by atoms with Crippen LogP contribution in [0.1, 0.15) is 10.4 Å². The molecule has 0 spiro atoms. The van der Waals surface area contributed by atoms with Crippen molar-refractivity contribution in [3.05, 3.63) is 36.4 Å². The van der Waals surface area contributed by atoms with E-state index < -0.39 is 5.97 Å². The molecule has 0 saturated carbocycles. The zero-order chi connectivity index (χ0) is 9.97. The SMILES string of the molecule is O=C([O-])c1conc1-c1cccnc1.[Na+]. The predicted octanol–water partition coefficient (Wildman–Crippen LogP) is -2.90. The Morgan fingerprint density at radius 3 is 2.87 bits per heavy atom. The van der Waals surface area contributed by atoms with E-state index in [1.54, 1.807) is 18.3 Å². The van der Waals surface area contributed by atoms with Gasteiger partial charge in [-0.05, 0) is 12.1 Å². The summed E-state index contributed by atoms with van der Waals surface area (Å²) in [5, 5.41) is 14.2. The number of hydrogen-bond donors (Lipinski definition) is 0. The first-order valence-electron chi connectivity index (χ1n) is 3.85. The topological polar surface area (TPSA) is 79.0 Å². The van der Waals surface area contributed by atoms with Crippen molar-refractivity contribution in [3.63, 3.8) is 0 Å². The molecule has 0 bridgehead atoms. The molecule has 5 nitrogen and oxygen atoms in total. The Hall–Kier alpha value is -1.17. The van der Waals surface area contributed by atoms with Crippen LogP contribution in [-0.2, 0) is 0 Å². The number of carbonyl (C=O) groups excluding carboxylic acids is 1. The second kappa shape index (κ2) is 5.06. The predicted molar refractivity (Wildman–Crippen MR) is 44.1 cm³/mol. The van der Waals surface area contributed by atoms with Gasteiger partial charge in [0.05, 0.1) is 11.5 Å². The minimum absolute atomic E-state index is 0. The van der Waals surface area contributed by atoms with Crippen molar-refractivity contribution in [2.24, 2.45) is 0 Å². The Labute approximate surface area is 107 Å². The molecule has 0 aliphatic carbocycles. The second-order valence-corrected chi connectivity index (χ2v) is 2.61. The van der Waals surface area contributed by atoms with E-state index in [1.165, 1.54) is 6.20 Å². The maximum atomic E-state index is 10.6. The van der Waals surface area contributed by atoms with Crippen molar-refractivity contribution in [1.82, 2.24) is 10.1 Å². The number of aromatic nitrogens is 2. The van der Waals surface area contributed by atoms with E-state index in [4.69, 9.17) is 0 Å². The molecule has 2 aromatic heterocycles. The Bertz CT molecular complexity index is 455. The van der Waals surface area contributed by atoms with Crippen LogP contribution in [-0.4, -0.2) is 16.1 Å². The fourth-order valence-corrected chi connectivity index (χ4v) is 1.09. The van der Waals surface area contributed by atoms with Gasteiger partial charge in [-0.1, -0.05) is 5.16 Å². The molecule has 2 aromatic rings. The van der Waals surface area contributed by atoms with Crippen molar-refractivity contribution in [1.29, 1.82) is 0 Å². The smallest absolute Gasteiger partial charge is 0.545 e. The summed E-state index contributed by atoms with van der Waals surface area (Å²) < 4.78 is 4.56. The van der Waals surface area contributed by atoms with E-state index in [0.29, 0.717) is 5.56 Å². The van der Waals surface area contributed by atoms with Crippen LogP contribution in [0.5, 0.6) is 0 Å². The average Bonchev–Trinajstić information content (AvgIpc) is 2.67. The van der Waals surface area contributed by atoms with Gasteiger partial charge in [0.2, 0.25) is 0 Å². The molecule has 0 amide bonds. The molecule has 6 heteroatoms. The van der Waals surface area contributed by atoms with Gasteiger partial charge in [-0.15, -0.1) is 0 Å². The normalized spacial score (nSPS) is 9.33. The van der Waals surface area contributed by atoms with Gasteiger partial charge in [-0.3, -0.25) is 4.98 Å². The number of hydrogen-bond acceptors (Lipinski definition) is 5. The zero-order valence-electron chi connectivity index (χ0n) is 8.01. The monoisotopic (exact) mass is 212 g/mol. The maximum Gasteiger partial charge on any atom is 1.00 e. The summed E-state index contributed by atoms with van der Waals surface area (Å²) in [4.78, 5) is 14.5. The van der Waals surface area contributed by atoms with E-state index in [2.05, 4.69) is 14.7 Å². The van der Waals surface area contributed by atoms with E-state index >= 15 is 0 Å². The first-order valence-corrected chi connectivity index (χ1v) is 3.85. The van der Waals surface area contributed by atoms with Crippen molar-refractivity contribution in [3.8, 4) is 11.3 Å². The molecule has 2 rings (SSSR count). The van der Waals surface area contributed by atoms with E-state index in [0.717, 1.165) is 6.26 Å². The number of pyridine rings is 1. The number of rotatable bonds is 2. The number of carbonyl (C=O) groups is 1. The zero-order valence-corrected chi connectivity index (χ0v) is 10.0. The Morgan fingerprint density at radius 2 is 2.27 bits per heavy atom. The maximum absolute atomic E-state index is 10.6. The third-order valence-corrected chi connectivity index (χ3v) is 1.72. The summed E-state index contributed by atoms with van der Waals surface area (Å²) in [6.45, 7) is 0. The van der Waals surface area contributed by atoms with Crippen molar-refractivity contribution >= 4 is 5.97 Å². The largest absolute Gasteiger partial charge is 1.00 e. The molecule has 2 heterocycles. The molecule has 15 heavy (non-hydrogen) atoms. The fraction of sp³-hybridized carbons (Fsp3) is 0. The van der Waals surface area contributed by atoms with Crippen LogP contribution < -0.4 is 34.7 Å². The van der Waals surface area contributed by atoms with Gasteiger partial charge >= 0.3 is 29.6 Å². The Morgan fingerprint density at radius 1 is 1.47 bits per heavy atom. The molecule has 0 radical (unpaired) electrons. The second-order valence-electron chi connectivity index (χ2n) is 2.61. The molecule has 0 aliphatic rings. The minimum Gasteiger partial charge on any atom is -0.545 e. The summed E-state index contributed by atoms with van der Waals surface area (Å²) in [5.74, 6) is -1.31. The van der Waals surface area contributed by atoms with E-state index in [-0.39, 0.29) is 40.8 Å². The summed E-state index contributed by atoms with van der Waals surface area (Å²) in [5.41, 5.74) is 0.747. The van der Waals surface area contributed by atoms with Crippen LogP contribution in [0.15, 0.2) is 35.3 Å². The minimum atomic E-state index is -1.31. The molecule has 0 saturated heterocycles. The van der Waals surface area contributed by atoms with E-state index in [9.17, 15) is 9.90 Å². The van der Waals surface area contributed by atoms with Gasteiger partial charge < -0.3 is 14.4 Å². The first-order chi connectivity index (χ1) is 6.79. The van der Waals surface area contributed by atoms with Crippen LogP contribution in [0.4, 0.5) is 0 Å². The van der Waals surface area contributed by atoms with E-state index in [1.807, 2.05) is 0 Å². The van der Waals surface area contributed by atoms with Gasteiger partial charge in [0.1, 0.15) is 12.0 Å². The first kappa shape index (κ1) is 11.9. The van der Waals surface area contributed by atoms with Crippen molar-refractivity contribution in [2.75, 3.05) is 0 Å². The number of aromatic carboxylic acids is 1. The quantitative estimate of drug-likeness (QED) is 0.499. The third-order valence-electron chi connectivity index (χ3n) is 1.72. The average molecular weight is 212 g/mol.